The summed E-state index contributed by atoms with van der Waals surface area (Å²) in [5, 5.41) is 0.579. The fourth-order valence-electron chi connectivity index (χ4n) is 5.21. The number of ether oxygens (including phenoxy) is 1. The molecule has 0 spiro atoms. The Bertz CT molecular complexity index is 1260. The molecule has 4 rings (SSSR count). The third-order valence-electron chi connectivity index (χ3n) is 7.37. The molecule has 1 atom stereocenters. The minimum absolute atomic E-state index is 0.0237. The highest BCUT2D eigenvalue weighted by Gasteiger charge is 2.51. The lowest BCUT2D eigenvalue weighted by Crippen LogP contribution is -2.68. The predicted octanol–water partition coefficient (Wildman–Crippen LogP) is 3.18. The summed E-state index contributed by atoms with van der Waals surface area (Å²) in [5.41, 5.74) is 2.91. The fourth-order valence-corrected chi connectivity index (χ4v) is 6.75. The Morgan fingerprint density at radius 3 is 2.21 bits per heavy atom. The van der Waals surface area contributed by atoms with Crippen LogP contribution in [-0.4, -0.2) is 85.0 Å². The number of aryl methyl sites for hydroxylation is 2. The first-order chi connectivity index (χ1) is 18.0. The molecule has 10 heteroatoms. The highest BCUT2D eigenvalue weighted by Crippen LogP contribution is 2.34. The second-order valence-corrected chi connectivity index (χ2v) is 12.9. The SMILES string of the molecule is Cc1cc(C)cc(CC(=O)N2CCC2(C)C(=O)N(CCS(=O)(=O)N2CCOCC2)Cc2ccc(Cl)cc2)c1. The molecule has 0 aromatic heterocycles. The van der Waals surface area contributed by atoms with E-state index in [1.54, 1.807) is 28.9 Å². The number of hydrogen-bond donors (Lipinski definition) is 0. The highest BCUT2D eigenvalue weighted by molar-refractivity contribution is 7.89. The van der Waals surface area contributed by atoms with Gasteiger partial charge in [0.05, 0.1) is 25.4 Å². The van der Waals surface area contributed by atoms with Crippen molar-refractivity contribution in [3.05, 3.63) is 69.7 Å². The summed E-state index contributed by atoms with van der Waals surface area (Å²) in [5.74, 6) is -0.548. The van der Waals surface area contributed by atoms with Crippen molar-refractivity contribution in [3.8, 4) is 0 Å². The van der Waals surface area contributed by atoms with Crippen molar-refractivity contribution in [2.45, 2.75) is 45.7 Å². The number of benzene rings is 2. The fraction of sp³-hybridized carbons (Fsp3) is 0.500. The molecular weight excluding hydrogens is 526 g/mol. The molecule has 0 aliphatic carbocycles. The number of morpholine rings is 1. The summed E-state index contributed by atoms with van der Waals surface area (Å²) in [6.07, 6.45) is 0.742. The van der Waals surface area contributed by atoms with Gasteiger partial charge < -0.3 is 14.5 Å². The summed E-state index contributed by atoms with van der Waals surface area (Å²) >= 11 is 6.04. The maximum absolute atomic E-state index is 14.0. The number of rotatable bonds is 9. The smallest absolute Gasteiger partial charge is 0.248 e. The molecule has 2 aromatic carbocycles. The average molecular weight is 562 g/mol. The Labute approximate surface area is 230 Å². The highest BCUT2D eigenvalue weighted by atomic mass is 35.5. The van der Waals surface area contributed by atoms with Crippen molar-refractivity contribution < 1.29 is 22.7 Å². The molecule has 0 radical (unpaired) electrons. The molecule has 38 heavy (non-hydrogen) atoms. The zero-order chi connectivity index (χ0) is 27.5. The molecule has 2 amide bonds. The van der Waals surface area contributed by atoms with Crippen LogP contribution < -0.4 is 0 Å². The molecule has 2 aliphatic heterocycles. The van der Waals surface area contributed by atoms with E-state index in [2.05, 4.69) is 6.07 Å². The van der Waals surface area contributed by atoms with Crippen LogP contribution in [0.3, 0.4) is 0 Å². The van der Waals surface area contributed by atoms with Crippen LogP contribution in [0.4, 0.5) is 0 Å². The molecule has 0 N–H and O–H groups in total. The summed E-state index contributed by atoms with van der Waals surface area (Å²) < 4.78 is 32.8. The van der Waals surface area contributed by atoms with Gasteiger partial charge in [-0.2, -0.15) is 4.31 Å². The van der Waals surface area contributed by atoms with Crippen molar-refractivity contribution in [1.29, 1.82) is 0 Å². The van der Waals surface area contributed by atoms with Gasteiger partial charge in [0, 0.05) is 37.7 Å². The van der Waals surface area contributed by atoms with E-state index in [9.17, 15) is 18.0 Å². The largest absolute Gasteiger partial charge is 0.379 e. The molecule has 2 fully saturated rings. The van der Waals surface area contributed by atoms with E-state index in [0.29, 0.717) is 44.3 Å². The van der Waals surface area contributed by atoms with E-state index >= 15 is 0 Å². The van der Waals surface area contributed by atoms with Gasteiger partial charge in [-0.1, -0.05) is 53.1 Å². The number of carbonyl (C=O) groups excluding carboxylic acids is 2. The average Bonchev–Trinajstić information content (AvgIpc) is 2.86. The van der Waals surface area contributed by atoms with Gasteiger partial charge in [0.1, 0.15) is 5.54 Å². The van der Waals surface area contributed by atoms with Gasteiger partial charge in [-0.15, -0.1) is 0 Å². The Hall–Kier alpha value is -2.46. The minimum atomic E-state index is -3.57. The summed E-state index contributed by atoms with van der Waals surface area (Å²) in [6, 6.07) is 13.2. The lowest BCUT2D eigenvalue weighted by Gasteiger charge is -2.51. The maximum atomic E-state index is 14.0. The number of carbonyl (C=O) groups is 2. The van der Waals surface area contributed by atoms with Crippen LogP contribution in [-0.2, 0) is 37.3 Å². The number of hydrogen-bond acceptors (Lipinski definition) is 5. The van der Waals surface area contributed by atoms with Crippen molar-refractivity contribution >= 4 is 33.4 Å². The molecule has 206 valence electrons. The van der Waals surface area contributed by atoms with Gasteiger partial charge >= 0.3 is 0 Å². The topological polar surface area (TPSA) is 87.2 Å². The third-order valence-corrected chi connectivity index (χ3v) is 9.48. The second kappa shape index (κ2) is 11.7. The first kappa shape index (κ1) is 28.5. The van der Waals surface area contributed by atoms with Crippen molar-refractivity contribution in [2.75, 3.05) is 45.1 Å². The normalized spacial score (nSPS) is 20.2. The van der Waals surface area contributed by atoms with Crippen LogP contribution in [0, 0.1) is 13.8 Å². The van der Waals surface area contributed by atoms with E-state index in [4.69, 9.17) is 16.3 Å². The lowest BCUT2D eigenvalue weighted by molar-refractivity contribution is -0.163. The molecule has 2 aromatic rings. The molecule has 0 saturated carbocycles. The number of halogens is 1. The molecule has 0 bridgehead atoms. The van der Waals surface area contributed by atoms with Gasteiger partial charge in [-0.05, 0) is 50.5 Å². The van der Waals surface area contributed by atoms with Gasteiger partial charge in [-0.25, -0.2) is 8.42 Å². The van der Waals surface area contributed by atoms with Gasteiger partial charge in [0.15, 0.2) is 0 Å². The number of sulfonamides is 1. The predicted molar refractivity (Wildman–Crippen MR) is 147 cm³/mol. The van der Waals surface area contributed by atoms with E-state index < -0.39 is 15.6 Å². The Balaban J connectivity index is 1.51. The first-order valence-electron chi connectivity index (χ1n) is 12.9. The first-order valence-corrected chi connectivity index (χ1v) is 14.9. The summed E-state index contributed by atoms with van der Waals surface area (Å²) in [7, 11) is -3.57. The Kier molecular flexibility index (Phi) is 8.82. The van der Waals surface area contributed by atoms with Crippen LogP contribution in [0.5, 0.6) is 0 Å². The molecule has 8 nitrogen and oxygen atoms in total. The van der Waals surface area contributed by atoms with E-state index in [1.165, 1.54) is 4.31 Å². The maximum Gasteiger partial charge on any atom is 0.248 e. The second-order valence-electron chi connectivity index (χ2n) is 10.4. The van der Waals surface area contributed by atoms with Gasteiger partial charge in [0.2, 0.25) is 21.8 Å². The quantitative estimate of drug-likeness (QED) is 0.469. The van der Waals surface area contributed by atoms with E-state index in [1.807, 2.05) is 38.1 Å². The van der Waals surface area contributed by atoms with E-state index in [0.717, 1.165) is 22.3 Å². The monoisotopic (exact) mass is 561 g/mol. The molecular formula is C28H36ClN3O5S. The van der Waals surface area contributed by atoms with E-state index in [-0.39, 0.29) is 37.1 Å². The Morgan fingerprint density at radius 1 is 1.00 bits per heavy atom. The number of likely N-dealkylation sites (tertiary alicyclic amines) is 1. The van der Waals surface area contributed by atoms with Crippen molar-refractivity contribution in [2.24, 2.45) is 0 Å². The standard InChI is InChI=1S/C28H36ClN3O5S/c1-21-16-22(2)18-24(17-21)19-26(33)32-9-8-28(32,3)27(34)30(20-23-4-6-25(29)7-5-23)12-15-38(35,36)31-10-13-37-14-11-31/h4-7,16-18H,8-15,19-20H2,1-3H3. The molecule has 2 saturated heterocycles. The molecule has 2 aliphatic rings. The van der Waals surface area contributed by atoms with Crippen LogP contribution in [0.1, 0.15) is 35.6 Å². The zero-order valence-corrected chi connectivity index (χ0v) is 23.9. The molecule has 2 heterocycles. The number of nitrogens with zero attached hydrogens (tertiary/aromatic N) is 3. The summed E-state index contributed by atoms with van der Waals surface area (Å²) in [4.78, 5) is 30.5. The van der Waals surface area contributed by atoms with Gasteiger partial charge in [0.25, 0.3) is 0 Å². The summed E-state index contributed by atoms with van der Waals surface area (Å²) in [6.45, 7) is 7.87. The lowest BCUT2D eigenvalue weighted by atomic mass is 9.84. The number of amides is 2. The van der Waals surface area contributed by atoms with Crippen molar-refractivity contribution in [1.82, 2.24) is 14.1 Å². The van der Waals surface area contributed by atoms with Crippen molar-refractivity contribution in [3.63, 3.8) is 0 Å². The Morgan fingerprint density at radius 2 is 1.63 bits per heavy atom. The molecule has 1 unspecified atom stereocenters. The minimum Gasteiger partial charge on any atom is -0.379 e. The van der Waals surface area contributed by atoms with Crippen LogP contribution >= 0.6 is 11.6 Å². The zero-order valence-electron chi connectivity index (χ0n) is 22.3. The van der Waals surface area contributed by atoms with Crippen LogP contribution in [0.15, 0.2) is 42.5 Å². The van der Waals surface area contributed by atoms with Crippen LogP contribution in [0.2, 0.25) is 5.02 Å². The van der Waals surface area contributed by atoms with Crippen LogP contribution in [0.25, 0.3) is 0 Å². The third kappa shape index (κ3) is 6.57. The van der Waals surface area contributed by atoms with Gasteiger partial charge in [-0.3, -0.25) is 9.59 Å².